The zero-order valence-corrected chi connectivity index (χ0v) is 9.90. The molecule has 0 saturated carbocycles. The van der Waals surface area contributed by atoms with Gasteiger partial charge < -0.3 is 5.11 Å². The van der Waals surface area contributed by atoms with Crippen LogP contribution >= 0.6 is 11.6 Å². The van der Waals surface area contributed by atoms with Gasteiger partial charge in [0.1, 0.15) is 0 Å². The van der Waals surface area contributed by atoms with Crippen molar-refractivity contribution in [2.75, 3.05) is 0 Å². The average molecular weight is 248 g/mol. The van der Waals surface area contributed by atoms with E-state index in [-0.39, 0.29) is 5.56 Å². The van der Waals surface area contributed by atoms with Crippen LogP contribution in [0.1, 0.15) is 15.9 Å². The maximum Gasteiger partial charge on any atom is 0.337 e. The highest BCUT2D eigenvalue weighted by atomic mass is 35.5. The van der Waals surface area contributed by atoms with Crippen LogP contribution in [0.5, 0.6) is 0 Å². The van der Waals surface area contributed by atoms with E-state index < -0.39 is 5.97 Å². The molecule has 0 atom stereocenters. The van der Waals surface area contributed by atoms with Gasteiger partial charge >= 0.3 is 5.97 Å². The number of rotatable bonds is 2. The number of hydrogen-bond donors (Lipinski definition) is 1. The highest BCUT2D eigenvalue weighted by molar-refractivity contribution is 6.30. The molecule has 3 nitrogen and oxygen atoms in total. The molecule has 0 aliphatic rings. The van der Waals surface area contributed by atoms with Crippen molar-refractivity contribution in [2.24, 2.45) is 0 Å². The summed E-state index contributed by atoms with van der Waals surface area (Å²) in [5.41, 5.74) is 2.64. The van der Waals surface area contributed by atoms with Gasteiger partial charge in [-0.3, -0.25) is 4.98 Å². The summed E-state index contributed by atoms with van der Waals surface area (Å²) in [7, 11) is 0. The first kappa shape index (κ1) is 11.6. The fourth-order valence-corrected chi connectivity index (χ4v) is 1.96. The lowest BCUT2D eigenvalue weighted by Gasteiger charge is -2.09. The number of hydrogen-bond acceptors (Lipinski definition) is 2. The Bertz CT molecular complexity index is 581. The van der Waals surface area contributed by atoms with Crippen molar-refractivity contribution in [3.8, 4) is 11.1 Å². The van der Waals surface area contributed by atoms with Gasteiger partial charge in [-0.1, -0.05) is 17.7 Å². The van der Waals surface area contributed by atoms with Crippen molar-refractivity contribution in [2.45, 2.75) is 6.92 Å². The van der Waals surface area contributed by atoms with E-state index in [0.29, 0.717) is 10.6 Å². The Hall–Kier alpha value is -1.87. The number of aromatic carboxylic acids is 1. The third-order valence-corrected chi connectivity index (χ3v) is 2.77. The third-order valence-electron chi connectivity index (χ3n) is 2.53. The summed E-state index contributed by atoms with van der Waals surface area (Å²) in [4.78, 5) is 14.9. The maximum absolute atomic E-state index is 11.1. The summed E-state index contributed by atoms with van der Waals surface area (Å²) in [5, 5.41) is 9.74. The molecule has 0 aliphatic heterocycles. The zero-order chi connectivity index (χ0) is 12.4. The third kappa shape index (κ3) is 2.29. The first-order valence-corrected chi connectivity index (χ1v) is 5.41. The second-order valence-corrected chi connectivity index (χ2v) is 4.12. The van der Waals surface area contributed by atoms with Gasteiger partial charge in [-0.05, 0) is 41.8 Å². The molecular formula is C13H10ClNO2. The highest BCUT2D eigenvalue weighted by Crippen LogP contribution is 2.28. The van der Waals surface area contributed by atoms with Crippen LogP contribution in [0, 0.1) is 6.92 Å². The Labute approximate surface area is 104 Å². The Balaban J connectivity index is 2.64. The predicted molar refractivity (Wildman–Crippen MR) is 66.4 cm³/mol. The van der Waals surface area contributed by atoms with Gasteiger partial charge in [-0.25, -0.2) is 4.79 Å². The van der Waals surface area contributed by atoms with E-state index in [9.17, 15) is 4.79 Å². The van der Waals surface area contributed by atoms with Crippen LogP contribution in [-0.4, -0.2) is 16.1 Å². The van der Waals surface area contributed by atoms with E-state index in [2.05, 4.69) is 4.98 Å². The monoisotopic (exact) mass is 247 g/mol. The van der Waals surface area contributed by atoms with Gasteiger partial charge in [0.2, 0.25) is 0 Å². The number of halogens is 1. The van der Waals surface area contributed by atoms with Gasteiger partial charge in [0, 0.05) is 17.4 Å². The van der Waals surface area contributed by atoms with Crippen LogP contribution in [0.15, 0.2) is 36.7 Å². The molecule has 0 radical (unpaired) electrons. The summed E-state index contributed by atoms with van der Waals surface area (Å²) in [6, 6.07) is 7.07. The van der Waals surface area contributed by atoms with E-state index in [0.717, 1.165) is 11.1 Å². The molecule has 0 amide bonds. The fraction of sp³-hybridized carbons (Fsp3) is 0.0769. The molecule has 0 aliphatic carbocycles. The van der Waals surface area contributed by atoms with Gasteiger partial charge in [0.15, 0.2) is 0 Å². The molecule has 1 N–H and O–H groups in total. The predicted octanol–water partition coefficient (Wildman–Crippen LogP) is 3.41. The summed E-state index contributed by atoms with van der Waals surface area (Å²) in [6.45, 7) is 1.90. The summed E-state index contributed by atoms with van der Waals surface area (Å²) >= 11 is 5.88. The number of carbonyl (C=O) groups is 1. The largest absolute Gasteiger partial charge is 0.478 e. The molecular weight excluding hydrogens is 238 g/mol. The average Bonchev–Trinajstić information content (AvgIpc) is 2.29. The molecule has 4 heteroatoms. The number of nitrogens with zero attached hydrogens (tertiary/aromatic N) is 1. The maximum atomic E-state index is 11.1. The Morgan fingerprint density at radius 3 is 2.71 bits per heavy atom. The van der Waals surface area contributed by atoms with Crippen LogP contribution in [0.25, 0.3) is 11.1 Å². The molecule has 2 rings (SSSR count). The molecule has 17 heavy (non-hydrogen) atoms. The van der Waals surface area contributed by atoms with Crippen LogP contribution in [0.2, 0.25) is 5.02 Å². The normalized spacial score (nSPS) is 10.2. The standard InChI is InChI=1S/C13H10ClNO2/c1-8-6-9(14)2-3-10(8)11-4-5-15-7-12(11)13(16)17/h2-7H,1H3,(H,16,17). The summed E-state index contributed by atoms with van der Waals surface area (Å²) < 4.78 is 0. The summed E-state index contributed by atoms with van der Waals surface area (Å²) in [5.74, 6) is -0.984. The summed E-state index contributed by atoms with van der Waals surface area (Å²) in [6.07, 6.45) is 2.93. The number of carboxylic acid groups (broad SMARTS) is 1. The molecule has 0 bridgehead atoms. The van der Waals surface area contributed by atoms with E-state index in [1.165, 1.54) is 6.20 Å². The van der Waals surface area contributed by atoms with Crippen molar-refractivity contribution in [3.63, 3.8) is 0 Å². The lowest BCUT2D eigenvalue weighted by molar-refractivity contribution is 0.0697. The minimum Gasteiger partial charge on any atom is -0.478 e. The highest BCUT2D eigenvalue weighted by Gasteiger charge is 2.13. The van der Waals surface area contributed by atoms with E-state index in [1.807, 2.05) is 19.1 Å². The quantitative estimate of drug-likeness (QED) is 0.885. The molecule has 86 valence electrons. The van der Waals surface area contributed by atoms with Crippen LogP contribution in [-0.2, 0) is 0 Å². The molecule has 1 heterocycles. The fourth-order valence-electron chi connectivity index (χ4n) is 1.73. The molecule has 0 spiro atoms. The number of carboxylic acids is 1. The number of pyridine rings is 1. The molecule has 0 fully saturated rings. The lowest BCUT2D eigenvalue weighted by Crippen LogP contribution is -2.00. The van der Waals surface area contributed by atoms with Crippen molar-refractivity contribution >= 4 is 17.6 Å². The topological polar surface area (TPSA) is 50.2 Å². The molecule has 0 unspecified atom stereocenters. The Morgan fingerprint density at radius 2 is 2.06 bits per heavy atom. The first-order valence-electron chi connectivity index (χ1n) is 5.03. The number of benzene rings is 1. The smallest absolute Gasteiger partial charge is 0.337 e. The Kier molecular flexibility index (Phi) is 3.11. The van der Waals surface area contributed by atoms with E-state index in [1.54, 1.807) is 18.3 Å². The van der Waals surface area contributed by atoms with Crippen molar-refractivity contribution in [1.29, 1.82) is 0 Å². The number of aromatic nitrogens is 1. The minimum atomic E-state index is -0.984. The van der Waals surface area contributed by atoms with Crippen molar-refractivity contribution in [3.05, 3.63) is 52.8 Å². The molecule has 2 aromatic rings. The van der Waals surface area contributed by atoms with Gasteiger partial charge in [-0.2, -0.15) is 0 Å². The minimum absolute atomic E-state index is 0.193. The molecule has 1 aromatic carbocycles. The van der Waals surface area contributed by atoms with Crippen LogP contribution in [0.4, 0.5) is 0 Å². The molecule has 0 saturated heterocycles. The van der Waals surface area contributed by atoms with Gasteiger partial charge in [-0.15, -0.1) is 0 Å². The second-order valence-electron chi connectivity index (χ2n) is 3.69. The first-order chi connectivity index (χ1) is 8.09. The number of aryl methyl sites for hydroxylation is 1. The van der Waals surface area contributed by atoms with Crippen molar-refractivity contribution < 1.29 is 9.90 Å². The zero-order valence-electron chi connectivity index (χ0n) is 9.14. The van der Waals surface area contributed by atoms with E-state index >= 15 is 0 Å². The van der Waals surface area contributed by atoms with Crippen LogP contribution in [0.3, 0.4) is 0 Å². The molecule has 1 aromatic heterocycles. The second kappa shape index (κ2) is 4.55. The Morgan fingerprint density at radius 1 is 1.29 bits per heavy atom. The SMILES string of the molecule is Cc1cc(Cl)ccc1-c1ccncc1C(=O)O. The van der Waals surface area contributed by atoms with Gasteiger partial charge in [0.25, 0.3) is 0 Å². The van der Waals surface area contributed by atoms with E-state index in [4.69, 9.17) is 16.7 Å². The van der Waals surface area contributed by atoms with Gasteiger partial charge in [0.05, 0.1) is 5.56 Å². The van der Waals surface area contributed by atoms with Crippen LogP contribution < -0.4 is 0 Å². The lowest BCUT2D eigenvalue weighted by atomic mass is 9.98. The van der Waals surface area contributed by atoms with Crippen molar-refractivity contribution in [1.82, 2.24) is 4.98 Å².